The number of methoxy groups -OCH3 is 1. The third-order valence-electron chi connectivity index (χ3n) is 2.68. The van der Waals surface area contributed by atoms with E-state index in [0.29, 0.717) is 23.3 Å². The molecule has 0 radical (unpaired) electrons. The Morgan fingerprint density at radius 2 is 2.12 bits per heavy atom. The number of hydrogen-bond acceptors (Lipinski definition) is 3. The molecule has 0 spiro atoms. The van der Waals surface area contributed by atoms with Crippen molar-refractivity contribution >= 4 is 5.97 Å². The topological polar surface area (TPSA) is 66.8 Å². The van der Waals surface area contributed by atoms with Crippen molar-refractivity contribution in [3.8, 4) is 11.5 Å². The Labute approximate surface area is 94.5 Å². The lowest BCUT2D eigenvalue weighted by Gasteiger charge is -2.14. The van der Waals surface area contributed by atoms with Gasteiger partial charge in [0.15, 0.2) is 0 Å². The Morgan fingerprint density at radius 1 is 1.50 bits per heavy atom. The van der Waals surface area contributed by atoms with Gasteiger partial charge in [-0.1, -0.05) is 6.92 Å². The number of rotatable bonds is 4. The minimum atomic E-state index is -0.896. The van der Waals surface area contributed by atoms with Crippen LogP contribution in [0.3, 0.4) is 0 Å². The molecule has 0 bridgehead atoms. The molecule has 0 aliphatic heterocycles. The van der Waals surface area contributed by atoms with E-state index >= 15 is 0 Å². The van der Waals surface area contributed by atoms with E-state index in [1.807, 2.05) is 0 Å². The van der Waals surface area contributed by atoms with Crippen LogP contribution >= 0.6 is 0 Å². The Hall–Kier alpha value is -1.71. The highest BCUT2D eigenvalue weighted by Crippen LogP contribution is 2.32. The number of aliphatic carboxylic acids is 1. The molecular formula is C12H16O4. The second-order valence-corrected chi connectivity index (χ2v) is 3.67. The van der Waals surface area contributed by atoms with Gasteiger partial charge in [0, 0.05) is 5.56 Å². The smallest absolute Gasteiger partial charge is 0.310 e. The van der Waals surface area contributed by atoms with E-state index in [4.69, 9.17) is 9.84 Å². The zero-order valence-electron chi connectivity index (χ0n) is 9.65. The van der Waals surface area contributed by atoms with E-state index in [-0.39, 0.29) is 5.75 Å². The maximum Gasteiger partial charge on any atom is 0.310 e. The van der Waals surface area contributed by atoms with Crippen LogP contribution in [-0.4, -0.2) is 23.3 Å². The van der Waals surface area contributed by atoms with Crippen LogP contribution in [0.2, 0.25) is 0 Å². The van der Waals surface area contributed by atoms with Gasteiger partial charge in [-0.25, -0.2) is 0 Å². The highest BCUT2D eigenvalue weighted by Gasteiger charge is 2.20. The number of hydrogen-bond donors (Lipinski definition) is 2. The molecule has 2 N–H and O–H groups in total. The summed E-state index contributed by atoms with van der Waals surface area (Å²) in [6, 6.07) is 3.15. The second-order valence-electron chi connectivity index (χ2n) is 3.67. The molecule has 1 aromatic carbocycles. The maximum atomic E-state index is 11.0. The predicted octanol–water partition coefficient (Wildman–Crippen LogP) is 2.29. The molecule has 0 heterocycles. The van der Waals surface area contributed by atoms with Gasteiger partial charge in [0.2, 0.25) is 0 Å². The van der Waals surface area contributed by atoms with Gasteiger partial charge >= 0.3 is 5.97 Å². The number of carbonyl (C=O) groups is 1. The van der Waals surface area contributed by atoms with Crippen molar-refractivity contribution in [1.82, 2.24) is 0 Å². The molecule has 88 valence electrons. The van der Waals surface area contributed by atoms with E-state index in [1.54, 1.807) is 19.9 Å². The van der Waals surface area contributed by atoms with Crippen LogP contribution in [0.4, 0.5) is 0 Å². The molecule has 1 aromatic rings. The van der Waals surface area contributed by atoms with Crippen LogP contribution in [0.15, 0.2) is 12.1 Å². The lowest BCUT2D eigenvalue weighted by atomic mass is 9.95. The average molecular weight is 224 g/mol. The first-order valence-electron chi connectivity index (χ1n) is 5.11. The standard InChI is InChI=1S/C12H16O4/c1-4-9(12(14)15)8-5-10(13)7(2)11(6-8)16-3/h5-6,9,13H,4H2,1-3H3,(H,14,15). The van der Waals surface area contributed by atoms with Crippen molar-refractivity contribution < 1.29 is 19.7 Å². The van der Waals surface area contributed by atoms with Gasteiger partial charge in [0.1, 0.15) is 11.5 Å². The van der Waals surface area contributed by atoms with Crippen molar-refractivity contribution in [2.24, 2.45) is 0 Å². The zero-order chi connectivity index (χ0) is 12.3. The van der Waals surface area contributed by atoms with E-state index in [2.05, 4.69) is 0 Å². The first kappa shape index (κ1) is 12.4. The minimum absolute atomic E-state index is 0.0639. The summed E-state index contributed by atoms with van der Waals surface area (Å²) in [5.74, 6) is -0.933. The Kier molecular flexibility index (Phi) is 3.77. The fourth-order valence-corrected chi connectivity index (χ4v) is 1.66. The third-order valence-corrected chi connectivity index (χ3v) is 2.68. The summed E-state index contributed by atoms with van der Waals surface area (Å²) < 4.78 is 5.09. The van der Waals surface area contributed by atoms with Gasteiger partial charge in [-0.2, -0.15) is 0 Å². The molecule has 1 unspecified atom stereocenters. The summed E-state index contributed by atoms with van der Waals surface area (Å²) in [5.41, 5.74) is 1.18. The number of carboxylic acid groups (broad SMARTS) is 1. The van der Waals surface area contributed by atoms with Crippen molar-refractivity contribution in [2.45, 2.75) is 26.2 Å². The van der Waals surface area contributed by atoms with Gasteiger partial charge in [0.05, 0.1) is 13.0 Å². The maximum absolute atomic E-state index is 11.0. The Bertz CT molecular complexity index is 398. The SMILES string of the molecule is CCC(C(=O)O)c1cc(O)c(C)c(OC)c1. The molecule has 0 amide bonds. The quantitative estimate of drug-likeness (QED) is 0.823. The van der Waals surface area contributed by atoms with E-state index in [1.165, 1.54) is 13.2 Å². The highest BCUT2D eigenvalue weighted by atomic mass is 16.5. The monoisotopic (exact) mass is 224 g/mol. The normalized spacial score (nSPS) is 12.2. The van der Waals surface area contributed by atoms with Crippen LogP contribution in [-0.2, 0) is 4.79 Å². The fraction of sp³-hybridized carbons (Fsp3) is 0.417. The number of ether oxygens (including phenoxy) is 1. The second kappa shape index (κ2) is 4.88. The minimum Gasteiger partial charge on any atom is -0.508 e. The molecule has 0 aromatic heterocycles. The fourth-order valence-electron chi connectivity index (χ4n) is 1.66. The molecule has 16 heavy (non-hydrogen) atoms. The van der Waals surface area contributed by atoms with Crippen LogP contribution in [0.5, 0.6) is 11.5 Å². The lowest BCUT2D eigenvalue weighted by Crippen LogP contribution is -2.10. The number of carboxylic acids is 1. The third kappa shape index (κ3) is 2.27. The van der Waals surface area contributed by atoms with Gasteiger partial charge in [-0.3, -0.25) is 4.79 Å². The summed E-state index contributed by atoms with van der Waals surface area (Å²) in [4.78, 5) is 11.0. The lowest BCUT2D eigenvalue weighted by molar-refractivity contribution is -0.138. The summed E-state index contributed by atoms with van der Waals surface area (Å²) in [5, 5.41) is 18.7. The van der Waals surface area contributed by atoms with Gasteiger partial charge in [-0.05, 0) is 31.0 Å². The average Bonchev–Trinajstić information content (AvgIpc) is 2.23. The molecule has 0 aliphatic carbocycles. The first-order valence-corrected chi connectivity index (χ1v) is 5.11. The van der Waals surface area contributed by atoms with Gasteiger partial charge in [-0.15, -0.1) is 0 Å². The van der Waals surface area contributed by atoms with E-state index in [0.717, 1.165) is 0 Å². The van der Waals surface area contributed by atoms with Crippen LogP contribution < -0.4 is 4.74 Å². The number of phenolic OH excluding ortho intramolecular Hbond substituents is 1. The molecule has 1 atom stereocenters. The molecule has 0 saturated carbocycles. The first-order chi connectivity index (χ1) is 7.51. The molecule has 0 fully saturated rings. The summed E-state index contributed by atoms with van der Waals surface area (Å²) in [6.07, 6.45) is 0.473. The summed E-state index contributed by atoms with van der Waals surface area (Å²) >= 11 is 0. The highest BCUT2D eigenvalue weighted by molar-refractivity contribution is 5.76. The molecule has 1 rings (SSSR count). The largest absolute Gasteiger partial charge is 0.508 e. The molecule has 0 saturated heterocycles. The van der Waals surface area contributed by atoms with Crippen molar-refractivity contribution in [2.75, 3.05) is 7.11 Å². The van der Waals surface area contributed by atoms with Crippen molar-refractivity contribution in [3.63, 3.8) is 0 Å². The van der Waals surface area contributed by atoms with Crippen LogP contribution in [0, 0.1) is 6.92 Å². The van der Waals surface area contributed by atoms with Crippen LogP contribution in [0.25, 0.3) is 0 Å². The van der Waals surface area contributed by atoms with Crippen molar-refractivity contribution in [3.05, 3.63) is 23.3 Å². The number of phenols is 1. The predicted molar refractivity (Wildman–Crippen MR) is 60.1 cm³/mol. The molecule has 4 heteroatoms. The zero-order valence-corrected chi connectivity index (χ0v) is 9.65. The molecule has 4 nitrogen and oxygen atoms in total. The van der Waals surface area contributed by atoms with Gasteiger partial charge < -0.3 is 14.9 Å². The number of benzene rings is 1. The summed E-state index contributed by atoms with van der Waals surface area (Å²) in [7, 11) is 1.49. The molecule has 0 aliphatic rings. The van der Waals surface area contributed by atoms with Crippen LogP contribution in [0.1, 0.15) is 30.4 Å². The van der Waals surface area contributed by atoms with Crippen molar-refractivity contribution in [1.29, 1.82) is 0 Å². The Morgan fingerprint density at radius 3 is 2.56 bits per heavy atom. The van der Waals surface area contributed by atoms with E-state index < -0.39 is 11.9 Å². The van der Waals surface area contributed by atoms with E-state index in [9.17, 15) is 9.90 Å². The summed E-state index contributed by atoms with van der Waals surface area (Å²) in [6.45, 7) is 3.52. The molecular weight excluding hydrogens is 208 g/mol. The Balaban J connectivity index is 3.24. The number of aromatic hydroxyl groups is 1. The van der Waals surface area contributed by atoms with Gasteiger partial charge in [0.25, 0.3) is 0 Å².